The van der Waals surface area contributed by atoms with Crippen LogP contribution < -0.4 is 0 Å². The highest BCUT2D eigenvalue weighted by Crippen LogP contribution is 2.18. The molecule has 0 unspecified atom stereocenters. The van der Waals surface area contributed by atoms with Crippen LogP contribution in [-0.2, 0) is 9.53 Å². The van der Waals surface area contributed by atoms with Crippen molar-refractivity contribution in [3.8, 4) is 0 Å². The number of cyclic esters (lactones) is 1. The molecule has 1 aliphatic heterocycles. The fourth-order valence-electron chi connectivity index (χ4n) is 1.32. The quantitative estimate of drug-likeness (QED) is 0.408. The standard InChI is InChI=1S/C12H8N2O2/c1-8-14-11(12(15)16-8)7-9-3-5-10(13-2)6-4-9/h3-7H,1H3. The van der Waals surface area contributed by atoms with Crippen LogP contribution in [0.1, 0.15) is 12.5 Å². The van der Waals surface area contributed by atoms with Gasteiger partial charge in [0.25, 0.3) is 0 Å². The number of ether oxygens (including phenoxy) is 1. The second-order valence-electron chi connectivity index (χ2n) is 3.25. The molecular weight excluding hydrogens is 204 g/mol. The van der Waals surface area contributed by atoms with Crippen LogP contribution in [0.5, 0.6) is 0 Å². The predicted molar refractivity (Wildman–Crippen MR) is 59.9 cm³/mol. The number of hydrogen-bond acceptors (Lipinski definition) is 3. The van der Waals surface area contributed by atoms with Gasteiger partial charge in [0.1, 0.15) is 0 Å². The van der Waals surface area contributed by atoms with Crippen LogP contribution >= 0.6 is 0 Å². The lowest BCUT2D eigenvalue weighted by atomic mass is 10.2. The van der Waals surface area contributed by atoms with Gasteiger partial charge in [-0.25, -0.2) is 14.6 Å². The maximum atomic E-state index is 11.3. The highest BCUT2D eigenvalue weighted by molar-refractivity contribution is 6.06. The number of rotatable bonds is 1. The van der Waals surface area contributed by atoms with Crippen LogP contribution in [-0.4, -0.2) is 11.9 Å². The van der Waals surface area contributed by atoms with Gasteiger partial charge in [0, 0.05) is 6.92 Å². The van der Waals surface area contributed by atoms with Gasteiger partial charge in [-0.05, 0) is 11.6 Å². The molecule has 16 heavy (non-hydrogen) atoms. The zero-order valence-corrected chi connectivity index (χ0v) is 8.60. The van der Waals surface area contributed by atoms with E-state index in [2.05, 4.69) is 9.84 Å². The summed E-state index contributed by atoms with van der Waals surface area (Å²) in [5, 5.41) is 0. The summed E-state index contributed by atoms with van der Waals surface area (Å²) in [5.41, 5.74) is 1.67. The Balaban J connectivity index is 2.30. The van der Waals surface area contributed by atoms with Crippen LogP contribution in [0.15, 0.2) is 35.0 Å². The van der Waals surface area contributed by atoms with E-state index in [-0.39, 0.29) is 5.70 Å². The summed E-state index contributed by atoms with van der Waals surface area (Å²) in [7, 11) is 0. The molecule has 0 saturated carbocycles. The van der Waals surface area contributed by atoms with Crippen molar-refractivity contribution in [2.75, 3.05) is 0 Å². The summed E-state index contributed by atoms with van der Waals surface area (Å²) in [5.74, 6) is -0.0826. The SMILES string of the molecule is [C-]#[N+]c1ccc(C=C2N=C(C)OC2=O)cc1. The molecular formula is C12H8N2O2. The highest BCUT2D eigenvalue weighted by atomic mass is 16.6. The van der Waals surface area contributed by atoms with Crippen molar-refractivity contribution in [3.63, 3.8) is 0 Å². The van der Waals surface area contributed by atoms with Crippen molar-refractivity contribution in [2.45, 2.75) is 6.92 Å². The van der Waals surface area contributed by atoms with Gasteiger partial charge in [-0.15, -0.1) is 0 Å². The highest BCUT2D eigenvalue weighted by Gasteiger charge is 2.19. The molecule has 0 amide bonds. The number of esters is 1. The third-order valence-corrected chi connectivity index (χ3v) is 2.05. The third-order valence-electron chi connectivity index (χ3n) is 2.05. The van der Waals surface area contributed by atoms with Crippen LogP contribution in [0.4, 0.5) is 5.69 Å². The maximum absolute atomic E-state index is 11.3. The largest absolute Gasteiger partial charge is 0.407 e. The molecule has 0 aromatic heterocycles. The summed E-state index contributed by atoms with van der Waals surface area (Å²) in [6, 6.07) is 6.90. The van der Waals surface area contributed by atoms with Gasteiger partial charge in [0.2, 0.25) is 0 Å². The molecule has 1 heterocycles. The topological polar surface area (TPSA) is 43.0 Å². The van der Waals surface area contributed by atoms with E-state index in [9.17, 15) is 4.79 Å². The first kappa shape index (κ1) is 10.1. The van der Waals surface area contributed by atoms with Crippen molar-refractivity contribution in [1.82, 2.24) is 0 Å². The molecule has 4 heteroatoms. The second-order valence-corrected chi connectivity index (χ2v) is 3.25. The first-order chi connectivity index (χ1) is 7.69. The fourth-order valence-corrected chi connectivity index (χ4v) is 1.32. The zero-order chi connectivity index (χ0) is 11.5. The molecule has 4 nitrogen and oxygen atoms in total. The molecule has 0 spiro atoms. The summed E-state index contributed by atoms with van der Waals surface area (Å²) >= 11 is 0. The molecule has 0 radical (unpaired) electrons. The maximum Gasteiger partial charge on any atom is 0.363 e. The Bertz CT molecular complexity index is 533. The van der Waals surface area contributed by atoms with Crippen LogP contribution in [0.2, 0.25) is 0 Å². The van der Waals surface area contributed by atoms with Gasteiger partial charge < -0.3 is 4.74 Å². The van der Waals surface area contributed by atoms with E-state index in [1.165, 1.54) is 0 Å². The minimum absolute atomic E-state index is 0.285. The Kier molecular flexibility index (Phi) is 2.52. The Hall–Kier alpha value is -2.41. The van der Waals surface area contributed by atoms with Gasteiger partial charge in [-0.3, -0.25) is 0 Å². The number of benzene rings is 1. The molecule has 0 bridgehead atoms. The number of carbonyl (C=O) groups excluding carboxylic acids is 1. The lowest BCUT2D eigenvalue weighted by molar-refractivity contribution is -0.130. The average Bonchev–Trinajstić information content (AvgIpc) is 2.59. The molecule has 1 aliphatic rings. The minimum Gasteiger partial charge on any atom is -0.407 e. The van der Waals surface area contributed by atoms with E-state index in [1.807, 2.05) is 0 Å². The van der Waals surface area contributed by atoms with E-state index in [1.54, 1.807) is 37.3 Å². The number of aliphatic imine (C=N–C) groups is 1. The average molecular weight is 212 g/mol. The summed E-state index contributed by atoms with van der Waals surface area (Å²) in [4.78, 5) is 18.5. The van der Waals surface area contributed by atoms with E-state index in [0.29, 0.717) is 11.6 Å². The van der Waals surface area contributed by atoms with Gasteiger partial charge in [0.15, 0.2) is 17.3 Å². The van der Waals surface area contributed by atoms with Crippen molar-refractivity contribution >= 4 is 23.6 Å². The van der Waals surface area contributed by atoms with E-state index in [4.69, 9.17) is 11.3 Å². The van der Waals surface area contributed by atoms with E-state index >= 15 is 0 Å². The number of carbonyl (C=O) groups is 1. The van der Waals surface area contributed by atoms with Crippen LogP contribution in [0, 0.1) is 6.57 Å². The lowest BCUT2D eigenvalue weighted by Gasteiger charge is -1.94. The summed E-state index contributed by atoms with van der Waals surface area (Å²) < 4.78 is 4.79. The van der Waals surface area contributed by atoms with Crippen molar-refractivity contribution in [3.05, 3.63) is 46.9 Å². The fraction of sp³-hybridized carbons (Fsp3) is 0.0833. The normalized spacial score (nSPS) is 16.9. The Morgan fingerprint density at radius 1 is 1.38 bits per heavy atom. The molecule has 0 atom stereocenters. The molecule has 0 fully saturated rings. The summed E-state index contributed by atoms with van der Waals surface area (Å²) in [6.45, 7) is 8.44. The smallest absolute Gasteiger partial charge is 0.363 e. The molecule has 0 saturated heterocycles. The molecule has 2 rings (SSSR count). The Morgan fingerprint density at radius 3 is 2.56 bits per heavy atom. The second kappa shape index (κ2) is 3.99. The van der Waals surface area contributed by atoms with E-state index < -0.39 is 5.97 Å². The van der Waals surface area contributed by atoms with Crippen LogP contribution in [0.3, 0.4) is 0 Å². The zero-order valence-electron chi connectivity index (χ0n) is 8.60. The predicted octanol–water partition coefficient (Wildman–Crippen LogP) is 2.55. The first-order valence-corrected chi connectivity index (χ1v) is 4.66. The molecule has 1 aromatic rings. The van der Waals surface area contributed by atoms with Crippen molar-refractivity contribution < 1.29 is 9.53 Å². The van der Waals surface area contributed by atoms with Crippen LogP contribution in [0.25, 0.3) is 10.9 Å². The number of hydrogen-bond donors (Lipinski definition) is 0. The lowest BCUT2D eigenvalue weighted by Crippen LogP contribution is -1.99. The molecule has 0 aliphatic carbocycles. The van der Waals surface area contributed by atoms with Gasteiger partial charge in [-0.1, -0.05) is 24.3 Å². The summed E-state index contributed by atoms with van der Waals surface area (Å²) in [6.07, 6.45) is 1.63. The third kappa shape index (κ3) is 1.98. The monoisotopic (exact) mass is 212 g/mol. The first-order valence-electron chi connectivity index (χ1n) is 4.66. The van der Waals surface area contributed by atoms with Crippen molar-refractivity contribution in [2.24, 2.45) is 4.99 Å². The minimum atomic E-state index is -0.438. The van der Waals surface area contributed by atoms with Gasteiger partial charge in [-0.2, -0.15) is 0 Å². The van der Waals surface area contributed by atoms with Crippen molar-refractivity contribution in [1.29, 1.82) is 0 Å². The number of nitrogens with zero attached hydrogens (tertiary/aromatic N) is 2. The van der Waals surface area contributed by atoms with E-state index in [0.717, 1.165) is 5.56 Å². The Morgan fingerprint density at radius 2 is 2.06 bits per heavy atom. The molecule has 0 N–H and O–H groups in total. The van der Waals surface area contributed by atoms with Gasteiger partial charge in [0.05, 0.1) is 6.57 Å². The Labute approximate surface area is 92.7 Å². The van der Waals surface area contributed by atoms with Gasteiger partial charge >= 0.3 is 5.97 Å². The molecule has 1 aromatic carbocycles. The molecule has 78 valence electrons.